The highest BCUT2D eigenvalue weighted by molar-refractivity contribution is 5.88. The summed E-state index contributed by atoms with van der Waals surface area (Å²) < 4.78 is 21.8. The molecule has 10 heteroatoms. The molecular formula is C23H24O10. The van der Waals surface area contributed by atoms with E-state index in [1.807, 2.05) is 0 Å². The molecular weight excluding hydrogens is 436 g/mol. The van der Waals surface area contributed by atoms with Crippen molar-refractivity contribution >= 4 is 11.0 Å². The van der Waals surface area contributed by atoms with Crippen LogP contribution < -0.4 is 14.9 Å². The van der Waals surface area contributed by atoms with Crippen LogP contribution >= 0.6 is 0 Å². The highest BCUT2D eigenvalue weighted by Crippen LogP contribution is 2.31. The van der Waals surface area contributed by atoms with Crippen LogP contribution in [-0.4, -0.2) is 69.5 Å². The Morgan fingerprint density at radius 1 is 1.00 bits per heavy atom. The van der Waals surface area contributed by atoms with E-state index in [1.54, 1.807) is 19.1 Å². The number of hydrogen-bond donors (Lipinski definition) is 5. The second kappa shape index (κ2) is 9.38. The van der Waals surface area contributed by atoms with Gasteiger partial charge in [0, 0.05) is 12.1 Å². The molecule has 0 bridgehead atoms. The van der Waals surface area contributed by atoms with E-state index in [9.17, 15) is 30.3 Å². The number of benzene rings is 2. The number of aliphatic hydroxyl groups excluding tert-OH is 4. The van der Waals surface area contributed by atoms with E-state index in [1.165, 1.54) is 30.5 Å². The van der Waals surface area contributed by atoms with Gasteiger partial charge in [0.1, 0.15) is 58.9 Å². The molecule has 2 heterocycles. The number of fused-ring (bicyclic) bond motifs is 1. The molecule has 2 aromatic carbocycles. The first kappa shape index (κ1) is 23.0. The minimum atomic E-state index is -1.56. The number of aromatic hydroxyl groups is 1. The Kier molecular flexibility index (Phi) is 6.54. The van der Waals surface area contributed by atoms with Gasteiger partial charge < -0.3 is 44.2 Å². The summed E-state index contributed by atoms with van der Waals surface area (Å²) >= 11 is 0. The maximum atomic E-state index is 13.0. The summed E-state index contributed by atoms with van der Waals surface area (Å²) in [6, 6.07) is 9.05. The summed E-state index contributed by atoms with van der Waals surface area (Å²) in [5.41, 5.74) is 0.454. The number of phenols is 1. The maximum absolute atomic E-state index is 13.0. The number of aliphatic hydroxyl groups is 4. The molecule has 0 amide bonds. The normalized spacial score (nSPS) is 25.2. The Bertz CT molecular complexity index is 1170. The maximum Gasteiger partial charge on any atom is 0.229 e. The predicted octanol–water partition coefficient (Wildman–Crippen LogP) is 0.743. The fourth-order valence-electron chi connectivity index (χ4n) is 3.67. The van der Waals surface area contributed by atoms with Crippen molar-refractivity contribution in [2.24, 2.45) is 0 Å². The first-order valence-corrected chi connectivity index (χ1v) is 10.3. The Balaban J connectivity index is 1.58. The molecule has 0 aliphatic carbocycles. The average Bonchev–Trinajstić information content (AvgIpc) is 2.80. The summed E-state index contributed by atoms with van der Waals surface area (Å²) in [4.78, 5) is 13.0. The molecule has 1 aromatic heterocycles. The van der Waals surface area contributed by atoms with Gasteiger partial charge in [-0.1, -0.05) is 12.1 Å². The van der Waals surface area contributed by atoms with Crippen molar-refractivity contribution in [3.63, 3.8) is 0 Å². The Morgan fingerprint density at radius 2 is 1.73 bits per heavy atom. The highest BCUT2D eigenvalue weighted by atomic mass is 16.7. The molecule has 0 spiro atoms. The fourth-order valence-corrected chi connectivity index (χ4v) is 3.67. The van der Waals surface area contributed by atoms with E-state index in [0.29, 0.717) is 17.9 Å². The quantitative estimate of drug-likeness (QED) is 0.355. The lowest BCUT2D eigenvalue weighted by atomic mass is 9.99. The van der Waals surface area contributed by atoms with Crippen molar-refractivity contribution in [1.82, 2.24) is 0 Å². The number of ether oxygens (including phenoxy) is 3. The van der Waals surface area contributed by atoms with E-state index in [2.05, 4.69) is 0 Å². The van der Waals surface area contributed by atoms with E-state index in [-0.39, 0.29) is 28.0 Å². The third kappa shape index (κ3) is 4.39. The molecule has 1 saturated heterocycles. The van der Waals surface area contributed by atoms with Gasteiger partial charge in [-0.2, -0.15) is 0 Å². The van der Waals surface area contributed by atoms with E-state index >= 15 is 0 Å². The lowest BCUT2D eigenvalue weighted by Gasteiger charge is -2.39. The lowest BCUT2D eigenvalue weighted by Crippen LogP contribution is -2.60. The molecule has 10 nitrogen and oxygen atoms in total. The van der Waals surface area contributed by atoms with Crippen LogP contribution in [0.3, 0.4) is 0 Å². The minimum Gasteiger partial charge on any atom is -0.507 e. The van der Waals surface area contributed by atoms with Crippen LogP contribution in [0.25, 0.3) is 22.1 Å². The third-order valence-corrected chi connectivity index (χ3v) is 5.41. The van der Waals surface area contributed by atoms with Crippen molar-refractivity contribution in [1.29, 1.82) is 0 Å². The minimum absolute atomic E-state index is 0.0256. The predicted molar refractivity (Wildman–Crippen MR) is 115 cm³/mol. The summed E-state index contributed by atoms with van der Waals surface area (Å²) in [6.07, 6.45) is -5.72. The van der Waals surface area contributed by atoms with Crippen LogP contribution in [0.2, 0.25) is 0 Å². The molecule has 0 unspecified atom stereocenters. The second-order valence-electron chi connectivity index (χ2n) is 7.57. The van der Waals surface area contributed by atoms with Crippen LogP contribution in [0.5, 0.6) is 17.2 Å². The molecule has 0 saturated carbocycles. The SMILES string of the molecule is CCOc1cc(O)c2c(=O)c(-c3ccc(O[C@@H]4O[C@H](CO)[C@@H](O)[C@H](O)[C@H]4O)cc3)coc2c1. The van der Waals surface area contributed by atoms with Gasteiger partial charge in [-0.05, 0) is 24.6 Å². The standard InChI is InChI=1S/C23H24O10/c1-2-30-13-7-15(25)18-16(8-13)31-10-14(19(18)26)11-3-5-12(6-4-11)32-23-22(29)21(28)20(27)17(9-24)33-23/h3-8,10,17,20-25,27-29H,2,9H2,1H3/t17-,20-,21+,22-,23-/m1/s1. The first-order valence-electron chi connectivity index (χ1n) is 10.3. The number of phenolic OH excluding ortho intramolecular Hbond substituents is 1. The van der Waals surface area contributed by atoms with Crippen molar-refractivity contribution in [3.05, 3.63) is 52.9 Å². The van der Waals surface area contributed by atoms with Crippen LogP contribution in [0, 0.1) is 0 Å². The summed E-state index contributed by atoms with van der Waals surface area (Å²) in [6.45, 7) is 1.62. The van der Waals surface area contributed by atoms with Gasteiger partial charge in [-0.25, -0.2) is 0 Å². The van der Waals surface area contributed by atoms with Gasteiger partial charge in [0.15, 0.2) is 0 Å². The zero-order chi connectivity index (χ0) is 23.7. The molecule has 4 rings (SSSR count). The molecule has 3 aromatic rings. The lowest BCUT2D eigenvalue weighted by molar-refractivity contribution is -0.277. The van der Waals surface area contributed by atoms with Crippen molar-refractivity contribution < 1.29 is 44.2 Å². The smallest absolute Gasteiger partial charge is 0.229 e. The molecule has 33 heavy (non-hydrogen) atoms. The van der Waals surface area contributed by atoms with Crippen molar-refractivity contribution in [3.8, 4) is 28.4 Å². The Labute approximate surface area is 187 Å². The number of rotatable bonds is 6. The Hall–Kier alpha value is -3.15. The van der Waals surface area contributed by atoms with Gasteiger partial charge in [-0.3, -0.25) is 4.79 Å². The van der Waals surface area contributed by atoms with Crippen molar-refractivity contribution in [2.75, 3.05) is 13.2 Å². The Morgan fingerprint density at radius 3 is 2.39 bits per heavy atom. The molecule has 5 N–H and O–H groups in total. The summed E-state index contributed by atoms with van der Waals surface area (Å²) in [5.74, 6) is 0.375. The third-order valence-electron chi connectivity index (χ3n) is 5.41. The van der Waals surface area contributed by atoms with E-state index in [4.69, 9.17) is 18.6 Å². The monoisotopic (exact) mass is 460 g/mol. The molecule has 1 aliphatic heterocycles. The van der Waals surface area contributed by atoms with Gasteiger partial charge in [0.2, 0.25) is 11.7 Å². The average molecular weight is 460 g/mol. The van der Waals surface area contributed by atoms with Crippen molar-refractivity contribution in [2.45, 2.75) is 37.6 Å². The zero-order valence-electron chi connectivity index (χ0n) is 17.6. The van der Waals surface area contributed by atoms with Gasteiger partial charge in [0.05, 0.1) is 18.8 Å². The molecule has 5 atom stereocenters. The topological polar surface area (TPSA) is 159 Å². The largest absolute Gasteiger partial charge is 0.507 e. The van der Waals surface area contributed by atoms with Gasteiger partial charge in [0.25, 0.3) is 0 Å². The van der Waals surface area contributed by atoms with E-state index in [0.717, 1.165) is 0 Å². The van der Waals surface area contributed by atoms with Gasteiger partial charge >= 0.3 is 0 Å². The van der Waals surface area contributed by atoms with Crippen LogP contribution in [0.1, 0.15) is 6.92 Å². The van der Waals surface area contributed by atoms with Gasteiger partial charge in [-0.15, -0.1) is 0 Å². The highest BCUT2D eigenvalue weighted by Gasteiger charge is 2.44. The molecule has 0 radical (unpaired) electrons. The fraction of sp³-hybridized carbons (Fsp3) is 0.348. The van der Waals surface area contributed by atoms with E-state index < -0.39 is 42.7 Å². The zero-order valence-corrected chi connectivity index (χ0v) is 17.6. The van der Waals surface area contributed by atoms with Crippen LogP contribution in [-0.2, 0) is 4.74 Å². The number of hydrogen-bond acceptors (Lipinski definition) is 10. The molecule has 1 fully saturated rings. The van der Waals surface area contributed by atoms with Crippen LogP contribution in [0.4, 0.5) is 0 Å². The summed E-state index contributed by atoms with van der Waals surface area (Å²) in [5, 5.41) is 49.5. The first-order chi connectivity index (χ1) is 15.8. The second-order valence-corrected chi connectivity index (χ2v) is 7.57. The molecule has 1 aliphatic rings. The molecule has 176 valence electrons. The summed E-state index contributed by atoms with van der Waals surface area (Å²) in [7, 11) is 0. The van der Waals surface area contributed by atoms with Crippen LogP contribution in [0.15, 0.2) is 51.9 Å².